The Hall–Kier alpha value is -5.84. The predicted octanol–water partition coefficient (Wildman–Crippen LogP) is 10.8. The first-order valence-electron chi connectivity index (χ1n) is 14.5. The summed E-state index contributed by atoms with van der Waals surface area (Å²) in [7, 11) is -1.91. The Bertz CT molecular complexity index is 2360. The molecule has 0 saturated carbocycles. The van der Waals surface area contributed by atoms with E-state index < -0.39 is 8.24 Å². The van der Waals surface area contributed by atoms with Crippen LogP contribution in [-0.4, -0.2) is 10.9 Å². The number of benzene rings is 6. The number of aromatic nitrogens is 1. The van der Waals surface area contributed by atoms with Crippen molar-refractivity contribution in [1.82, 2.24) is 4.98 Å². The van der Waals surface area contributed by atoms with E-state index in [4.69, 9.17) is 12.9 Å². The molecule has 8 rings (SSSR count). The molecule has 0 bridgehead atoms. The highest BCUT2D eigenvalue weighted by molar-refractivity contribution is 7.32. The molecule has 1 amide bonds. The molecule has 1 N–H and O–H groups in total. The fourth-order valence-electron chi connectivity index (χ4n) is 5.75. The third kappa shape index (κ3) is 4.97. The number of carbonyl (C=O) groups excluding carboxylic acids is 1. The van der Waals surface area contributed by atoms with Crippen LogP contribution in [0.3, 0.4) is 0 Å². The number of rotatable bonds is 5. The van der Waals surface area contributed by atoms with E-state index in [-0.39, 0.29) is 5.91 Å². The molecule has 0 spiro atoms. The molecule has 2 aromatic heterocycles. The van der Waals surface area contributed by atoms with Crippen LogP contribution in [0.15, 0.2) is 154 Å². The number of hydrogen-bond acceptors (Lipinski definition) is 5. The van der Waals surface area contributed by atoms with Crippen molar-refractivity contribution in [2.75, 3.05) is 5.32 Å². The quantitative estimate of drug-likeness (QED) is 0.211. The van der Waals surface area contributed by atoms with Gasteiger partial charge >= 0.3 is 8.24 Å². The van der Waals surface area contributed by atoms with Gasteiger partial charge in [0.15, 0.2) is 0 Å². The number of hydrogen-bond donors (Lipinski definition) is 1. The zero-order valence-electron chi connectivity index (χ0n) is 23.9. The SMILES string of the molecule is O=C(Nc1ccc2ccccc2c1-c1c(Op2oc3ccccc3c3ccccc3o2)ccc2ccccc12)c1ccccn1. The van der Waals surface area contributed by atoms with Gasteiger partial charge in [-0.2, -0.15) is 0 Å². The van der Waals surface area contributed by atoms with Crippen molar-refractivity contribution in [1.29, 1.82) is 0 Å². The second-order valence-electron chi connectivity index (χ2n) is 10.5. The number of para-hydroxylation sites is 2. The van der Waals surface area contributed by atoms with Crippen LogP contribution in [0.25, 0.3) is 54.6 Å². The van der Waals surface area contributed by atoms with Gasteiger partial charge in [0.05, 0.1) is 0 Å². The molecule has 2 heterocycles. The first-order chi connectivity index (χ1) is 22.2. The van der Waals surface area contributed by atoms with Gasteiger partial charge in [-0.3, -0.25) is 9.78 Å². The number of carbonyl (C=O) groups is 1. The average Bonchev–Trinajstić information content (AvgIpc) is 3.25. The number of pyridine rings is 1. The zero-order valence-corrected chi connectivity index (χ0v) is 24.8. The lowest BCUT2D eigenvalue weighted by molar-refractivity contribution is 0.102. The lowest BCUT2D eigenvalue weighted by atomic mass is 9.91. The summed E-state index contributed by atoms with van der Waals surface area (Å²) in [5.41, 5.74) is 3.98. The maximum absolute atomic E-state index is 13.4. The van der Waals surface area contributed by atoms with Crippen LogP contribution in [0.5, 0.6) is 5.75 Å². The van der Waals surface area contributed by atoms with Gasteiger partial charge in [0, 0.05) is 33.8 Å². The van der Waals surface area contributed by atoms with E-state index in [1.54, 1.807) is 24.4 Å². The van der Waals surface area contributed by atoms with Crippen molar-refractivity contribution < 1.29 is 17.7 Å². The van der Waals surface area contributed by atoms with Gasteiger partial charge < -0.3 is 18.2 Å². The maximum Gasteiger partial charge on any atom is 0.453 e. The van der Waals surface area contributed by atoms with E-state index in [9.17, 15) is 4.79 Å². The van der Waals surface area contributed by atoms with E-state index in [1.807, 2.05) is 97.1 Å². The van der Waals surface area contributed by atoms with Crippen LogP contribution in [0, 0.1) is 0 Å². The Balaban J connectivity index is 1.38. The number of fused-ring (bicyclic) bond motifs is 5. The molecule has 0 aliphatic rings. The Morgan fingerprint density at radius 1 is 0.578 bits per heavy atom. The first kappa shape index (κ1) is 26.8. The summed E-state index contributed by atoms with van der Waals surface area (Å²) >= 11 is 0. The normalized spacial score (nSPS) is 11.2. The summed E-state index contributed by atoms with van der Waals surface area (Å²) in [5.74, 6) is 0.268. The van der Waals surface area contributed by atoms with E-state index in [0.29, 0.717) is 28.3 Å². The second-order valence-corrected chi connectivity index (χ2v) is 11.5. The van der Waals surface area contributed by atoms with Crippen LogP contribution in [0.4, 0.5) is 5.69 Å². The minimum atomic E-state index is -1.91. The van der Waals surface area contributed by atoms with Gasteiger partial charge in [-0.25, -0.2) is 0 Å². The molecule has 7 heteroatoms. The molecule has 0 fully saturated rings. The summed E-state index contributed by atoms with van der Waals surface area (Å²) in [5, 5.41) is 8.99. The molecule has 45 heavy (non-hydrogen) atoms. The van der Waals surface area contributed by atoms with Gasteiger partial charge in [-0.1, -0.05) is 103 Å². The Morgan fingerprint density at radius 2 is 1.13 bits per heavy atom. The lowest BCUT2D eigenvalue weighted by Gasteiger charge is -2.19. The molecule has 8 aromatic rings. The molecular formula is C38H25N2O4P. The highest BCUT2D eigenvalue weighted by atomic mass is 31.1. The first-order valence-corrected chi connectivity index (χ1v) is 15.6. The summed E-state index contributed by atoms with van der Waals surface area (Å²) in [4.78, 5) is 17.7. The van der Waals surface area contributed by atoms with Crippen molar-refractivity contribution >= 4 is 63.3 Å². The Morgan fingerprint density at radius 3 is 1.78 bits per heavy atom. The van der Waals surface area contributed by atoms with Crippen molar-refractivity contribution in [2.24, 2.45) is 0 Å². The summed E-state index contributed by atoms with van der Waals surface area (Å²) in [6, 6.07) is 45.2. The van der Waals surface area contributed by atoms with Crippen LogP contribution < -0.4 is 9.84 Å². The minimum Gasteiger partial charge on any atom is -0.390 e. The second kappa shape index (κ2) is 11.3. The van der Waals surface area contributed by atoms with Crippen LogP contribution in [0.2, 0.25) is 0 Å². The lowest BCUT2D eigenvalue weighted by Crippen LogP contribution is -2.14. The average molecular weight is 605 g/mol. The van der Waals surface area contributed by atoms with Gasteiger partial charge in [0.2, 0.25) is 0 Å². The zero-order chi connectivity index (χ0) is 30.2. The fourth-order valence-corrected chi connectivity index (χ4v) is 6.81. The van der Waals surface area contributed by atoms with E-state index >= 15 is 0 Å². The van der Waals surface area contributed by atoms with Crippen molar-refractivity contribution in [2.45, 2.75) is 0 Å². The smallest absolute Gasteiger partial charge is 0.390 e. The fraction of sp³-hybridized carbons (Fsp3) is 0. The van der Waals surface area contributed by atoms with Crippen molar-refractivity contribution in [3.8, 4) is 16.9 Å². The molecule has 0 unspecified atom stereocenters. The predicted molar refractivity (Wildman–Crippen MR) is 181 cm³/mol. The van der Waals surface area contributed by atoms with Gasteiger partial charge in [0.1, 0.15) is 22.6 Å². The number of amides is 1. The van der Waals surface area contributed by atoms with E-state index in [1.165, 1.54) is 0 Å². The van der Waals surface area contributed by atoms with Crippen molar-refractivity contribution in [3.63, 3.8) is 0 Å². The summed E-state index contributed by atoms with van der Waals surface area (Å²) in [6.45, 7) is 0. The Kier molecular flexibility index (Phi) is 6.75. The molecule has 216 valence electrons. The van der Waals surface area contributed by atoms with Crippen LogP contribution >= 0.6 is 8.24 Å². The monoisotopic (exact) mass is 604 g/mol. The highest BCUT2D eigenvalue weighted by Gasteiger charge is 2.21. The molecule has 0 aliphatic heterocycles. The molecule has 0 aliphatic carbocycles. The standard InChI is InChI=1S/C38H25N2O4P/c41-38(32-17-9-10-24-39-32)40-31-22-20-25-11-1-3-13-27(25)36(31)37-28-14-4-2-12-26(28)21-23-35(37)44-45-42-33-18-7-5-15-29(33)30-16-6-8-19-34(30)43-45/h1-24H,(H,40,41). The third-order valence-electron chi connectivity index (χ3n) is 7.80. The largest absolute Gasteiger partial charge is 0.453 e. The molecule has 0 radical (unpaired) electrons. The molecule has 0 saturated heterocycles. The molecular weight excluding hydrogens is 579 g/mol. The number of anilines is 1. The number of nitrogens with one attached hydrogen (secondary N) is 1. The molecule has 6 aromatic carbocycles. The Labute approximate surface area is 259 Å². The van der Waals surface area contributed by atoms with Crippen LogP contribution in [-0.2, 0) is 0 Å². The van der Waals surface area contributed by atoms with E-state index in [2.05, 4.69) is 34.6 Å². The summed E-state index contributed by atoms with van der Waals surface area (Å²) < 4.78 is 19.6. The minimum absolute atomic E-state index is 0.303. The third-order valence-corrected chi connectivity index (χ3v) is 8.84. The molecule has 6 nitrogen and oxygen atoms in total. The van der Waals surface area contributed by atoms with Gasteiger partial charge in [-0.05, 0) is 57.9 Å². The van der Waals surface area contributed by atoms with Crippen molar-refractivity contribution in [3.05, 3.63) is 151 Å². The topological polar surface area (TPSA) is 77.5 Å². The number of nitrogens with zero attached hydrogens (tertiary/aromatic N) is 1. The highest BCUT2D eigenvalue weighted by Crippen LogP contribution is 2.47. The van der Waals surface area contributed by atoms with Gasteiger partial charge in [-0.15, -0.1) is 0 Å². The summed E-state index contributed by atoms with van der Waals surface area (Å²) in [6.07, 6.45) is 1.61. The van der Waals surface area contributed by atoms with E-state index in [0.717, 1.165) is 43.4 Å². The maximum atomic E-state index is 13.4. The van der Waals surface area contributed by atoms with Crippen LogP contribution in [0.1, 0.15) is 10.5 Å². The van der Waals surface area contributed by atoms with Gasteiger partial charge in [0.25, 0.3) is 5.91 Å². The molecule has 0 atom stereocenters.